The number of hydrogen-bond donors (Lipinski definition) is 2. The van der Waals surface area contributed by atoms with E-state index < -0.39 is 0 Å². The zero-order chi connectivity index (χ0) is 35.5. The molecule has 3 heterocycles. The van der Waals surface area contributed by atoms with E-state index in [2.05, 4.69) is 83.6 Å². The van der Waals surface area contributed by atoms with E-state index in [-0.39, 0.29) is 5.92 Å². The van der Waals surface area contributed by atoms with E-state index in [0.717, 1.165) is 73.2 Å². The van der Waals surface area contributed by atoms with Crippen molar-refractivity contribution in [2.75, 3.05) is 11.5 Å². The summed E-state index contributed by atoms with van der Waals surface area (Å²) in [4.78, 5) is 4.49. The average molecular weight is 678 g/mol. The lowest BCUT2D eigenvalue weighted by Gasteiger charge is -2.23. The van der Waals surface area contributed by atoms with E-state index in [1.54, 1.807) is 6.20 Å². The number of nitrogen functional groups attached to an aromatic ring is 2. The fraction of sp³-hybridized carbons (Fsp3) is 0.175. The van der Waals surface area contributed by atoms with Crippen molar-refractivity contribution in [2.45, 2.75) is 46.8 Å². The number of hydrogen-bond acceptors (Lipinski definition) is 9. The predicted molar refractivity (Wildman–Crippen MR) is 197 cm³/mol. The summed E-state index contributed by atoms with van der Waals surface area (Å²) in [6.45, 7) is 9.03. The molecule has 11 heteroatoms. The number of pyridine rings is 1. The summed E-state index contributed by atoms with van der Waals surface area (Å²) < 4.78 is 15.4. The van der Waals surface area contributed by atoms with Gasteiger partial charge in [0.15, 0.2) is 0 Å². The molecule has 0 aliphatic heterocycles. The summed E-state index contributed by atoms with van der Waals surface area (Å²) in [5.41, 5.74) is 24.1. The molecule has 3 aromatic heterocycles. The van der Waals surface area contributed by atoms with Gasteiger partial charge in [-0.25, -0.2) is 9.36 Å². The van der Waals surface area contributed by atoms with Crippen LogP contribution in [-0.2, 0) is 13.2 Å². The molecule has 0 atom stereocenters. The minimum Gasteiger partial charge on any atom is -0.487 e. The highest BCUT2D eigenvalue weighted by Gasteiger charge is 2.22. The first-order valence-electron chi connectivity index (χ1n) is 16.6. The number of aromatic nitrogens is 7. The van der Waals surface area contributed by atoms with Crippen molar-refractivity contribution >= 4 is 11.4 Å². The van der Waals surface area contributed by atoms with E-state index in [1.165, 1.54) is 0 Å². The van der Waals surface area contributed by atoms with Crippen molar-refractivity contribution in [2.24, 2.45) is 0 Å². The Labute approximate surface area is 296 Å². The van der Waals surface area contributed by atoms with Gasteiger partial charge < -0.3 is 20.9 Å². The van der Waals surface area contributed by atoms with Crippen LogP contribution in [0.1, 0.15) is 56.2 Å². The second-order valence-corrected chi connectivity index (χ2v) is 12.8. The molecule has 11 nitrogen and oxygen atoms in total. The number of rotatable bonds is 11. The highest BCUT2D eigenvalue weighted by atomic mass is 16.5. The van der Waals surface area contributed by atoms with Crippen LogP contribution in [-0.4, -0.2) is 35.0 Å². The van der Waals surface area contributed by atoms with Gasteiger partial charge >= 0.3 is 0 Å². The SMILES string of the molecule is Cc1cc(C(c2cccnc2)c2cc(C)c(-n3cc(COc4ccc(N)cc4)nn3)c(C)c2)cc(C)c1-n1cc(COc2ccc(N)cc2)nn1. The fourth-order valence-electron chi connectivity index (χ4n) is 6.55. The molecule has 4 N–H and O–H groups in total. The molecular weight excluding hydrogens is 639 g/mol. The second kappa shape index (κ2) is 14.2. The van der Waals surface area contributed by atoms with Gasteiger partial charge in [0.25, 0.3) is 0 Å². The lowest BCUT2D eigenvalue weighted by Crippen LogP contribution is -2.10. The maximum Gasteiger partial charge on any atom is 0.134 e. The van der Waals surface area contributed by atoms with Crippen LogP contribution in [0, 0.1) is 27.7 Å². The molecule has 51 heavy (non-hydrogen) atoms. The molecule has 4 aromatic carbocycles. The van der Waals surface area contributed by atoms with Crippen molar-refractivity contribution in [3.63, 3.8) is 0 Å². The van der Waals surface area contributed by atoms with Crippen LogP contribution in [0.3, 0.4) is 0 Å². The molecule has 0 amide bonds. The molecule has 0 saturated carbocycles. The lowest BCUT2D eigenvalue weighted by molar-refractivity contribution is 0.301. The molecule has 0 aliphatic carbocycles. The molecular formula is C40H39N9O2. The molecule has 0 unspecified atom stereocenters. The molecule has 0 radical (unpaired) electrons. The first-order chi connectivity index (χ1) is 24.7. The first kappa shape index (κ1) is 33.0. The maximum absolute atomic E-state index is 5.90. The molecule has 7 aromatic rings. The van der Waals surface area contributed by atoms with Crippen LogP contribution in [0.4, 0.5) is 11.4 Å². The van der Waals surface area contributed by atoms with Gasteiger partial charge in [-0.2, -0.15) is 0 Å². The van der Waals surface area contributed by atoms with Crippen molar-refractivity contribution in [3.8, 4) is 22.9 Å². The highest BCUT2D eigenvalue weighted by molar-refractivity contribution is 5.56. The predicted octanol–water partition coefficient (Wildman–Crippen LogP) is 6.98. The smallest absolute Gasteiger partial charge is 0.134 e. The van der Waals surface area contributed by atoms with Gasteiger partial charge in [-0.1, -0.05) is 40.8 Å². The molecule has 7 rings (SSSR count). The minimum absolute atomic E-state index is 0.0594. The summed E-state index contributed by atoms with van der Waals surface area (Å²) >= 11 is 0. The number of nitrogens with zero attached hydrogens (tertiary/aromatic N) is 7. The van der Waals surface area contributed by atoms with Crippen molar-refractivity contribution < 1.29 is 9.47 Å². The number of aryl methyl sites for hydroxylation is 4. The third kappa shape index (κ3) is 7.28. The number of benzene rings is 4. The number of anilines is 2. The zero-order valence-corrected chi connectivity index (χ0v) is 29.0. The summed E-state index contributed by atoms with van der Waals surface area (Å²) in [5.74, 6) is 1.39. The van der Waals surface area contributed by atoms with Crippen LogP contribution in [0.2, 0.25) is 0 Å². The third-order valence-electron chi connectivity index (χ3n) is 8.78. The monoisotopic (exact) mass is 677 g/mol. The Balaban J connectivity index is 1.16. The van der Waals surface area contributed by atoms with Gasteiger partial charge in [0, 0.05) is 29.7 Å². The van der Waals surface area contributed by atoms with E-state index >= 15 is 0 Å². The maximum atomic E-state index is 5.90. The Bertz CT molecular complexity index is 2090. The van der Waals surface area contributed by atoms with Crippen molar-refractivity contribution in [1.29, 1.82) is 0 Å². The molecule has 0 fully saturated rings. The molecule has 0 spiro atoms. The normalized spacial score (nSPS) is 11.2. The first-order valence-corrected chi connectivity index (χ1v) is 16.6. The Morgan fingerprint density at radius 2 is 1.02 bits per heavy atom. The Hall–Kier alpha value is -6.49. The van der Waals surface area contributed by atoms with Crippen LogP contribution in [0.25, 0.3) is 11.4 Å². The van der Waals surface area contributed by atoms with Crippen LogP contribution in [0.15, 0.2) is 110 Å². The summed E-state index contributed by atoms with van der Waals surface area (Å²) in [7, 11) is 0. The molecule has 0 saturated heterocycles. The average Bonchev–Trinajstić information content (AvgIpc) is 3.78. The van der Waals surface area contributed by atoms with Crippen molar-refractivity contribution in [1.82, 2.24) is 35.0 Å². The largest absolute Gasteiger partial charge is 0.487 e. The van der Waals surface area contributed by atoms with E-state index in [9.17, 15) is 0 Å². The van der Waals surface area contributed by atoms with Crippen LogP contribution in [0.5, 0.6) is 11.5 Å². The van der Waals surface area contributed by atoms with Gasteiger partial charge in [-0.15, -0.1) is 10.2 Å². The Kier molecular flexibility index (Phi) is 9.17. The summed E-state index contributed by atoms with van der Waals surface area (Å²) in [6.07, 6.45) is 7.57. The number of nitrogens with two attached hydrogens (primary N) is 2. The number of ether oxygens (including phenoxy) is 2. The summed E-state index contributed by atoms with van der Waals surface area (Å²) in [5, 5.41) is 17.6. The third-order valence-corrected chi connectivity index (χ3v) is 8.78. The van der Waals surface area contributed by atoms with Gasteiger partial charge in [0.1, 0.15) is 36.1 Å². The van der Waals surface area contributed by atoms with Crippen LogP contribution >= 0.6 is 0 Å². The zero-order valence-electron chi connectivity index (χ0n) is 29.0. The second-order valence-electron chi connectivity index (χ2n) is 12.8. The fourth-order valence-corrected chi connectivity index (χ4v) is 6.55. The highest BCUT2D eigenvalue weighted by Crippen LogP contribution is 2.37. The molecule has 0 bridgehead atoms. The Morgan fingerprint density at radius 1 is 0.588 bits per heavy atom. The quantitative estimate of drug-likeness (QED) is 0.139. The van der Waals surface area contributed by atoms with Gasteiger partial charge in [-0.05, 0) is 121 Å². The lowest BCUT2D eigenvalue weighted by atomic mass is 9.83. The van der Waals surface area contributed by atoms with Crippen LogP contribution < -0.4 is 20.9 Å². The topological polar surface area (TPSA) is 145 Å². The van der Waals surface area contributed by atoms with Gasteiger partial charge in [-0.3, -0.25) is 4.98 Å². The van der Waals surface area contributed by atoms with E-state index in [1.807, 2.05) is 82.6 Å². The Morgan fingerprint density at radius 3 is 1.41 bits per heavy atom. The van der Waals surface area contributed by atoms with Crippen molar-refractivity contribution in [3.05, 3.63) is 160 Å². The molecule has 256 valence electrons. The van der Waals surface area contributed by atoms with Gasteiger partial charge in [0.05, 0.1) is 23.8 Å². The standard InChI is InChI=1S/C40H39N9O2/c1-25-16-30(17-26(2)39(25)48-21-34(44-46-48)23-50-36-11-7-32(41)8-12-36)38(29-6-5-15-43-20-29)31-18-27(3)40(28(4)19-31)49-22-35(45-47-49)24-51-37-13-9-33(42)10-14-37/h5-22,38H,23-24,41-42H2,1-4H3. The minimum atomic E-state index is -0.0594. The summed E-state index contributed by atoms with van der Waals surface area (Å²) in [6, 6.07) is 27.6. The van der Waals surface area contributed by atoms with Gasteiger partial charge in [0.2, 0.25) is 0 Å². The molecule has 0 aliphatic rings. The van der Waals surface area contributed by atoms with E-state index in [0.29, 0.717) is 24.6 Å². The van der Waals surface area contributed by atoms with E-state index in [4.69, 9.17) is 20.9 Å².